The van der Waals surface area contributed by atoms with Crippen molar-refractivity contribution in [2.75, 3.05) is 13.1 Å². The number of hydrogen-bond donors (Lipinski definition) is 0. The molecule has 0 aliphatic carbocycles. The minimum absolute atomic E-state index is 0.00161. The van der Waals surface area contributed by atoms with Gasteiger partial charge in [0, 0.05) is 33.4 Å². The number of rotatable bonds is 5. The van der Waals surface area contributed by atoms with Gasteiger partial charge in [-0.25, -0.2) is 0 Å². The molecule has 114 valence electrons. The molecule has 0 saturated carbocycles. The third kappa shape index (κ3) is 3.74. The lowest BCUT2D eigenvalue weighted by Crippen LogP contribution is -2.30. The SMILES string of the molecule is CCN(CC)C(=O)c1ccc(C(=O)c2cccc(I)c2)cc1. The molecule has 3 nitrogen and oxygen atoms in total. The molecule has 22 heavy (non-hydrogen) atoms. The predicted molar refractivity (Wildman–Crippen MR) is 96.3 cm³/mol. The Labute approximate surface area is 144 Å². The van der Waals surface area contributed by atoms with E-state index in [1.165, 1.54) is 0 Å². The van der Waals surface area contributed by atoms with Crippen molar-refractivity contribution in [2.24, 2.45) is 0 Å². The summed E-state index contributed by atoms with van der Waals surface area (Å²) in [7, 11) is 0. The van der Waals surface area contributed by atoms with E-state index in [0.29, 0.717) is 29.8 Å². The third-order valence-corrected chi connectivity index (χ3v) is 4.20. The van der Waals surface area contributed by atoms with Crippen molar-refractivity contribution in [3.63, 3.8) is 0 Å². The van der Waals surface area contributed by atoms with Gasteiger partial charge in [-0.15, -0.1) is 0 Å². The second-order valence-electron chi connectivity index (χ2n) is 4.89. The Bertz CT molecular complexity index is 676. The second-order valence-corrected chi connectivity index (χ2v) is 6.14. The van der Waals surface area contributed by atoms with E-state index < -0.39 is 0 Å². The van der Waals surface area contributed by atoms with Crippen LogP contribution in [0.1, 0.15) is 40.1 Å². The molecule has 0 heterocycles. The van der Waals surface area contributed by atoms with Crippen LogP contribution < -0.4 is 0 Å². The van der Waals surface area contributed by atoms with Crippen LogP contribution in [0, 0.1) is 3.57 Å². The van der Waals surface area contributed by atoms with E-state index in [2.05, 4.69) is 22.6 Å². The van der Waals surface area contributed by atoms with Gasteiger partial charge in [-0.3, -0.25) is 9.59 Å². The normalized spacial score (nSPS) is 10.3. The van der Waals surface area contributed by atoms with Gasteiger partial charge in [0.2, 0.25) is 0 Å². The zero-order valence-corrected chi connectivity index (χ0v) is 14.8. The van der Waals surface area contributed by atoms with Crippen LogP contribution >= 0.6 is 22.6 Å². The fraction of sp³-hybridized carbons (Fsp3) is 0.222. The van der Waals surface area contributed by atoms with Gasteiger partial charge < -0.3 is 4.90 Å². The number of nitrogens with zero attached hydrogens (tertiary/aromatic N) is 1. The molecule has 0 aliphatic rings. The quantitative estimate of drug-likeness (QED) is 0.555. The highest BCUT2D eigenvalue weighted by Gasteiger charge is 2.14. The molecular formula is C18H18INO2. The summed E-state index contributed by atoms with van der Waals surface area (Å²) >= 11 is 2.19. The molecule has 0 aliphatic heterocycles. The first-order valence-electron chi connectivity index (χ1n) is 7.26. The van der Waals surface area contributed by atoms with Crippen LogP contribution in [0.25, 0.3) is 0 Å². The highest BCUT2D eigenvalue weighted by molar-refractivity contribution is 14.1. The molecule has 2 aromatic carbocycles. The Morgan fingerprint density at radius 3 is 2.05 bits per heavy atom. The highest BCUT2D eigenvalue weighted by Crippen LogP contribution is 2.15. The van der Waals surface area contributed by atoms with Crippen molar-refractivity contribution in [3.8, 4) is 0 Å². The molecule has 0 aromatic heterocycles. The summed E-state index contributed by atoms with van der Waals surface area (Å²) in [5.74, 6) is -0.0291. The number of halogens is 1. The largest absolute Gasteiger partial charge is 0.339 e. The van der Waals surface area contributed by atoms with E-state index in [-0.39, 0.29) is 11.7 Å². The Kier molecular flexibility index (Phi) is 5.71. The third-order valence-electron chi connectivity index (χ3n) is 3.53. The maximum Gasteiger partial charge on any atom is 0.253 e. The molecule has 0 fully saturated rings. The number of carbonyl (C=O) groups excluding carboxylic acids is 2. The molecule has 2 aromatic rings. The van der Waals surface area contributed by atoms with Crippen LogP contribution in [0.5, 0.6) is 0 Å². The van der Waals surface area contributed by atoms with E-state index in [9.17, 15) is 9.59 Å². The molecule has 1 amide bonds. The Hall–Kier alpha value is -1.69. The minimum Gasteiger partial charge on any atom is -0.339 e. The van der Waals surface area contributed by atoms with E-state index in [1.54, 1.807) is 35.2 Å². The zero-order chi connectivity index (χ0) is 16.1. The fourth-order valence-electron chi connectivity index (χ4n) is 2.25. The summed E-state index contributed by atoms with van der Waals surface area (Å²) < 4.78 is 1.02. The zero-order valence-electron chi connectivity index (χ0n) is 12.7. The number of amides is 1. The molecule has 0 unspecified atom stereocenters. The van der Waals surface area contributed by atoms with Crippen molar-refractivity contribution in [1.82, 2.24) is 4.90 Å². The molecule has 0 atom stereocenters. The van der Waals surface area contributed by atoms with Crippen LogP contribution in [0.15, 0.2) is 48.5 Å². The predicted octanol–water partition coefficient (Wildman–Crippen LogP) is 4.00. The monoisotopic (exact) mass is 407 g/mol. The lowest BCUT2D eigenvalue weighted by Gasteiger charge is -2.18. The van der Waals surface area contributed by atoms with Gasteiger partial charge >= 0.3 is 0 Å². The summed E-state index contributed by atoms with van der Waals surface area (Å²) in [6, 6.07) is 14.4. The molecule has 0 bridgehead atoms. The maximum absolute atomic E-state index is 12.4. The molecule has 4 heteroatoms. The van der Waals surface area contributed by atoms with Crippen molar-refractivity contribution < 1.29 is 9.59 Å². The summed E-state index contributed by atoms with van der Waals surface area (Å²) in [4.78, 5) is 26.4. The molecule has 2 rings (SSSR count). The van der Waals surface area contributed by atoms with Crippen molar-refractivity contribution in [2.45, 2.75) is 13.8 Å². The van der Waals surface area contributed by atoms with Gasteiger partial charge in [-0.2, -0.15) is 0 Å². The van der Waals surface area contributed by atoms with Crippen LogP contribution in [0.3, 0.4) is 0 Å². The van der Waals surface area contributed by atoms with Crippen LogP contribution in [-0.2, 0) is 0 Å². The summed E-state index contributed by atoms with van der Waals surface area (Å²) in [6.45, 7) is 5.27. The Morgan fingerprint density at radius 1 is 0.909 bits per heavy atom. The van der Waals surface area contributed by atoms with Gasteiger partial charge in [0.1, 0.15) is 0 Å². The van der Waals surface area contributed by atoms with Crippen molar-refractivity contribution in [1.29, 1.82) is 0 Å². The van der Waals surface area contributed by atoms with Gasteiger partial charge in [0.15, 0.2) is 5.78 Å². The summed E-state index contributed by atoms with van der Waals surface area (Å²) in [6.07, 6.45) is 0. The first kappa shape index (κ1) is 16.7. The van der Waals surface area contributed by atoms with E-state index in [0.717, 1.165) is 3.57 Å². The van der Waals surface area contributed by atoms with Gasteiger partial charge in [0.25, 0.3) is 5.91 Å². The number of hydrogen-bond acceptors (Lipinski definition) is 2. The smallest absolute Gasteiger partial charge is 0.253 e. The van der Waals surface area contributed by atoms with E-state index in [1.807, 2.05) is 32.0 Å². The molecule has 0 saturated heterocycles. The number of carbonyl (C=O) groups is 2. The Balaban J connectivity index is 2.22. The van der Waals surface area contributed by atoms with Crippen LogP contribution in [0.2, 0.25) is 0 Å². The first-order chi connectivity index (χ1) is 10.6. The molecule has 0 N–H and O–H groups in total. The Morgan fingerprint density at radius 2 is 1.50 bits per heavy atom. The summed E-state index contributed by atoms with van der Waals surface area (Å²) in [5, 5.41) is 0. The average Bonchev–Trinajstić information content (AvgIpc) is 2.55. The molecular weight excluding hydrogens is 389 g/mol. The first-order valence-corrected chi connectivity index (χ1v) is 8.34. The number of benzene rings is 2. The maximum atomic E-state index is 12.4. The van der Waals surface area contributed by atoms with Gasteiger partial charge in [0.05, 0.1) is 0 Å². The number of ketones is 1. The van der Waals surface area contributed by atoms with Gasteiger partial charge in [-0.1, -0.05) is 24.3 Å². The van der Waals surface area contributed by atoms with Crippen molar-refractivity contribution >= 4 is 34.3 Å². The summed E-state index contributed by atoms with van der Waals surface area (Å²) in [5.41, 5.74) is 1.87. The van der Waals surface area contributed by atoms with Crippen LogP contribution in [0.4, 0.5) is 0 Å². The highest BCUT2D eigenvalue weighted by atomic mass is 127. The average molecular weight is 407 g/mol. The van der Waals surface area contributed by atoms with E-state index in [4.69, 9.17) is 0 Å². The lowest BCUT2D eigenvalue weighted by molar-refractivity contribution is 0.0772. The standard InChI is InChI=1S/C18H18INO2/c1-3-20(4-2)18(22)14-10-8-13(9-11-14)17(21)15-6-5-7-16(19)12-15/h5-12H,3-4H2,1-2H3. The van der Waals surface area contributed by atoms with Crippen LogP contribution in [-0.4, -0.2) is 29.7 Å². The van der Waals surface area contributed by atoms with E-state index >= 15 is 0 Å². The topological polar surface area (TPSA) is 37.4 Å². The minimum atomic E-state index is -0.0274. The van der Waals surface area contributed by atoms with Gasteiger partial charge in [-0.05, 0) is 60.7 Å². The lowest BCUT2D eigenvalue weighted by atomic mass is 10.0. The second kappa shape index (κ2) is 7.54. The fourth-order valence-corrected chi connectivity index (χ4v) is 2.80. The van der Waals surface area contributed by atoms with Crippen molar-refractivity contribution in [3.05, 3.63) is 68.8 Å². The molecule has 0 spiro atoms. The molecule has 0 radical (unpaired) electrons.